The van der Waals surface area contributed by atoms with Gasteiger partial charge in [0, 0.05) is 29.2 Å². The standard InChI is InChI=1S/C31H36N4O5S/c1-21-10-7-8-14-24(21)18-33-28(37)27-31(2,3)41-20-35(27)29(38)26(36)25(16-22-11-5-4-6-12-22)34-30(39)40-19-23-13-9-15-32-17-23/h4-15,17,25-27,36H,16,18-20H2,1-3H3,(H,33,37)(H,34,39)/t25?,26-,27?/m0/s1. The Labute approximate surface area is 244 Å². The number of hydrogen-bond acceptors (Lipinski definition) is 7. The molecule has 2 aromatic carbocycles. The number of carbonyl (C=O) groups is 3. The monoisotopic (exact) mass is 576 g/mol. The highest BCUT2D eigenvalue weighted by Gasteiger charge is 2.49. The van der Waals surface area contributed by atoms with E-state index < -0.39 is 34.9 Å². The van der Waals surface area contributed by atoms with Crippen LogP contribution in [0.25, 0.3) is 0 Å². The molecule has 0 spiro atoms. The molecule has 0 bridgehead atoms. The van der Waals surface area contributed by atoms with Gasteiger partial charge in [-0.3, -0.25) is 14.6 Å². The van der Waals surface area contributed by atoms with Crippen molar-refractivity contribution in [2.75, 3.05) is 5.88 Å². The molecule has 1 aliphatic heterocycles. The third kappa shape index (κ3) is 7.86. The Morgan fingerprint density at radius 3 is 2.49 bits per heavy atom. The third-order valence-corrected chi connectivity index (χ3v) is 8.49. The second-order valence-electron chi connectivity index (χ2n) is 10.6. The lowest BCUT2D eigenvalue weighted by atomic mass is 9.97. The molecular weight excluding hydrogens is 540 g/mol. The Kier molecular flexibility index (Phi) is 10.0. The predicted octanol–water partition coefficient (Wildman–Crippen LogP) is 3.58. The second-order valence-corrected chi connectivity index (χ2v) is 12.2. The van der Waals surface area contributed by atoms with E-state index in [0.29, 0.717) is 12.1 Å². The molecule has 41 heavy (non-hydrogen) atoms. The SMILES string of the molecule is Cc1ccccc1CNC(=O)C1N(C(=O)[C@@H](O)C(Cc2ccccc2)NC(=O)OCc2cccnc2)CSC1(C)C. The normalized spacial score (nSPS) is 17.4. The van der Waals surface area contributed by atoms with Gasteiger partial charge in [0.15, 0.2) is 6.10 Å². The van der Waals surface area contributed by atoms with Crippen LogP contribution in [0.3, 0.4) is 0 Å². The molecule has 0 radical (unpaired) electrons. The molecule has 1 aliphatic rings. The van der Waals surface area contributed by atoms with Gasteiger partial charge in [-0.25, -0.2) is 4.79 Å². The van der Waals surface area contributed by atoms with E-state index in [4.69, 9.17) is 4.74 Å². The number of amides is 3. The largest absolute Gasteiger partial charge is 0.445 e. The molecule has 10 heteroatoms. The van der Waals surface area contributed by atoms with Crippen LogP contribution in [0, 0.1) is 6.92 Å². The zero-order valence-electron chi connectivity index (χ0n) is 23.4. The lowest BCUT2D eigenvalue weighted by Gasteiger charge is -2.33. The molecule has 216 valence electrons. The van der Waals surface area contributed by atoms with E-state index in [0.717, 1.165) is 16.7 Å². The minimum absolute atomic E-state index is 0.0120. The second kappa shape index (κ2) is 13.6. The number of aliphatic hydroxyl groups excluding tert-OH is 1. The number of nitrogens with zero attached hydrogens (tertiary/aromatic N) is 2. The summed E-state index contributed by atoms with van der Waals surface area (Å²) in [5, 5.41) is 17.0. The minimum Gasteiger partial charge on any atom is -0.445 e. The van der Waals surface area contributed by atoms with Crippen LogP contribution in [0.4, 0.5) is 4.79 Å². The molecule has 9 nitrogen and oxygen atoms in total. The number of aryl methyl sites for hydroxylation is 1. The van der Waals surface area contributed by atoms with Crippen molar-refractivity contribution in [2.45, 2.75) is 63.3 Å². The van der Waals surface area contributed by atoms with Crippen molar-refractivity contribution < 1.29 is 24.2 Å². The summed E-state index contributed by atoms with van der Waals surface area (Å²) in [7, 11) is 0. The van der Waals surface area contributed by atoms with E-state index in [1.54, 1.807) is 24.5 Å². The highest BCUT2D eigenvalue weighted by atomic mass is 32.2. The quantitative estimate of drug-likeness (QED) is 0.337. The van der Waals surface area contributed by atoms with Gasteiger partial charge in [-0.15, -0.1) is 11.8 Å². The van der Waals surface area contributed by atoms with E-state index in [1.165, 1.54) is 16.7 Å². The summed E-state index contributed by atoms with van der Waals surface area (Å²) in [5.41, 5.74) is 3.57. The summed E-state index contributed by atoms with van der Waals surface area (Å²) in [6, 6.07) is 18.7. The number of alkyl carbamates (subject to hydrolysis) is 1. The number of carbonyl (C=O) groups excluding carboxylic acids is 3. The number of nitrogens with one attached hydrogen (secondary N) is 2. The number of aromatic nitrogens is 1. The first kappa shape index (κ1) is 30.1. The molecule has 3 aromatic rings. The fourth-order valence-corrected chi connectivity index (χ4v) is 5.92. The van der Waals surface area contributed by atoms with Gasteiger partial charge >= 0.3 is 6.09 Å². The summed E-state index contributed by atoms with van der Waals surface area (Å²) in [6.07, 6.45) is 1.01. The third-order valence-electron chi connectivity index (χ3n) is 7.12. The van der Waals surface area contributed by atoms with Gasteiger partial charge in [0.05, 0.1) is 11.9 Å². The smallest absolute Gasteiger partial charge is 0.407 e. The number of aliphatic hydroxyl groups is 1. The summed E-state index contributed by atoms with van der Waals surface area (Å²) >= 11 is 1.47. The molecule has 1 saturated heterocycles. The molecule has 1 aromatic heterocycles. The van der Waals surface area contributed by atoms with Gasteiger partial charge in [0.1, 0.15) is 12.6 Å². The van der Waals surface area contributed by atoms with Crippen LogP contribution >= 0.6 is 11.8 Å². The summed E-state index contributed by atoms with van der Waals surface area (Å²) < 4.78 is 4.75. The molecule has 1 fully saturated rings. The molecule has 3 N–H and O–H groups in total. The van der Waals surface area contributed by atoms with Crippen molar-refractivity contribution in [2.24, 2.45) is 0 Å². The summed E-state index contributed by atoms with van der Waals surface area (Å²) in [6.45, 7) is 6.11. The number of hydrogen-bond donors (Lipinski definition) is 3. The van der Waals surface area contributed by atoms with Crippen molar-refractivity contribution in [1.82, 2.24) is 20.5 Å². The molecule has 0 saturated carbocycles. The Hall–Kier alpha value is -3.89. The highest BCUT2D eigenvalue weighted by Crippen LogP contribution is 2.40. The van der Waals surface area contributed by atoms with Crippen LogP contribution in [0.1, 0.15) is 36.1 Å². The molecule has 3 amide bonds. The van der Waals surface area contributed by atoms with Crippen molar-refractivity contribution in [3.05, 3.63) is 101 Å². The predicted molar refractivity (Wildman–Crippen MR) is 158 cm³/mol. The highest BCUT2D eigenvalue weighted by molar-refractivity contribution is 8.00. The van der Waals surface area contributed by atoms with E-state index in [9.17, 15) is 19.5 Å². The molecule has 4 rings (SSSR count). The summed E-state index contributed by atoms with van der Waals surface area (Å²) in [5.74, 6) is -0.700. The van der Waals surface area contributed by atoms with Crippen LogP contribution in [0.5, 0.6) is 0 Å². The van der Waals surface area contributed by atoms with E-state index in [1.807, 2.05) is 75.4 Å². The average Bonchev–Trinajstić information content (AvgIpc) is 3.30. The van der Waals surface area contributed by atoms with Crippen molar-refractivity contribution in [1.29, 1.82) is 0 Å². The van der Waals surface area contributed by atoms with Gasteiger partial charge in [-0.2, -0.15) is 0 Å². The number of thioether (sulfide) groups is 1. The van der Waals surface area contributed by atoms with Crippen molar-refractivity contribution in [3.63, 3.8) is 0 Å². The van der Waals surface area contributed by atoms with Gasteiger partial charge < -0.3 is 25.4 Å². The molecule has 2 heterocycles. The van der Waals surface area contributed by atoms with E-state index >= 15 is 0 Å². The van der Waals surface area contributed by atoms with Crippen LogP contribution in [-0.4, -0.2) is 61.7 Å². The lowest BCUT2D eigenvalue weighted by Crippen LogP contribution is -2.58. The summed E-state index contributed by atoms with van der Waals surface area (Å²) in [4.78, 5) is 45.3. The fourth-order valence-electron chi connectivity index (χ4n) is 4.78. The first-order chi connectivity index (χ1) is 19.7. The number of rotatable bonds is 10. The molecule has 3 atom stereocenters. The van der Waals surface area contributed by atoms with Crippen molar-refractivity contribution in [3.8, 4) is 0 Å². The maximum Gasteiger partial charge on any atom is 0.407 e. The Balaban J connectivity index is 1.48. The van der Waals surface area contributed by atoms with Gasteiger partial charge in [-0.1, -0.05) is 60.7 Å². The lowest BCUT2D eigenvalue weighted by molar-refractivity contribution is -0.147. The topological polar surface area (TPSA) is 121 Å². The van der Waals surface area contributed by atoms with Gasteiger partial charge in [-0.05, 0) is 49.9 Å². The maximum atomic E-state index is 13.8. The number of pyridine rings is 1. The zero-order chi connectivity index (χ0) is 29.4. The van der Waals surface area contributed by atoms with E-state index in [-0.39, 0.29) is 24.8 Å². The van der Waals surface area contributed by atoms with E-state index in [2.05, 4.69) is 15.6 Å². The Bertz CT molecular complexity index is 1340. The van der Waals surface area contributed by atoms with Crippen LogP contribution in [0.2, 0.25) is 0 Å². The van der Waals surface area contributed by atoms with Crippen molar-refractivity contribution >= 4 is 29.7 Å². The fraction of sp³-hybridized carbons (Fsp3) is 0.355. The number of benzene rings is 2. The Morgan fingerprint density at radius 2 is 1.78 bits per heavy atom. The van der Waals surface area contributed by atoms with Crippen LogP contribution in [-0.2, 0) is 33.9 Å². The van der Waals surface area contributed by atoms with Crippen LogP contribution in [0.15, 0.2) is 79.1 Å². The van der Waals surface area contributed by atoms with Gasteiger partial charge in [0.25, 0.3) is 5.91 Å². The van der Waals surface area contributed by atoms with Crippen LogP contribution < -0.4 is 10.6 Å². The minimum atomic E-state index is -1.61. The average molecular weight is 577 g/mol. The molecular formula is C31H36N4O5S. The van der Waals surface area contributed by atoms with Gasteiger partial charge in [0.2, 0.25) is 5.91 Å². The number of ether oxygens (including phenoxy) is 1. The Morgan fingerprint density at radius 1 is 1.07 bits per heavy atom. The first-order valence-electron chi connectivity index (χ1n) is 13.5. The zero-order valence-corrected chi connectivity index (χ0v) is 24.3. The molecule has 0 aliphatic carbocycles. The maximum absolute atomic E-state index is 13.8. The first-order valence-corrected chi connectivity index (χ1v) is 14.4. The molecule has 2 unspecified atom stereocenters.